The summed E-state index contributed by atoms with van der Waals surface area (Å²) in [5.41, 5.74) is 2.21. The highest BCUT2D eigenvalue weighted by Gasteiger charge is 2.27. The summed E-state index contributed by atoms with van der Waals surface area (Å²) in [5.74, 6) is -0.350. The summed E-state index contributed by atoms with van der Waals surface area (Å²) >= 11 is 1.58. The van der Waals surface area contributed by atoms with Crippen LogP contribution < -0.4 is 5.32 Å². The van der Waals surface area contributed by atoms with E-state index in [0.29, 0.717) is 0 Å². The Morgan fingerprint density at radius 2 is 2.25 bits per heavy atom. The quantitative estimate of drug-likeness (QED) is 0.854. The monoisotopic (exact) mass is 295 g/mol. The number of hydrogen-bond acceptors (Lipinski definition) is 4. The summed E-state index contributed by atoms with van der Waals surface area (Å²) in [5, 5.41) is 11.3. The van der Waals surface area contributed by atoms with E-state index in [2.05, 4.69) is 5.32 Å². The van der Waals surface area contributed by atoms with Gasteiger partial charge in [-0.05, 0) is 23.3 Å². The van der Waals surface area contributed by atoms with Crippen molar-refractivity contribution in [2.24, 2.45) is 0 Å². The molecule has 2 atom stereocenters. The van der Waals surface area contributed by atoms with Gasteiger partial charge >= 0.3 is 5.97 Å². The van der Waals surface area contributed by atoms with Gasteiger partial charge in [0.1, 0.15) is 5.25 Å². The third kappa shape index (κ3) is 3.32. The minimum Gasteiger partial charge on any atom is -0.479 e. The third-order valence-corrected chi connectivity index (χ3v) is 4.49. The molecule has 0 aliphatic carbocycles. The second kappa shape index (κ2) is 6.76. The van der Waals surface area contributed by atoms with Gasteiger partial charge in [-0.3, -0.25) is 4.79 Å². The highest BCUT2D eigenvalue weighted by molar-refractivity contribution is 8.00. The summed E-state index contributed by atoms with van der Waals surface area (Å²) in [6, 6.07) is 7.87. The number of hydrogen-bond donors (Lipinski definition) is 2. The predicted octanol–water partition coefficient (Wildman–Crippen LogP) is 1.23. The molecule has 1 heterocycles. The van der Waals surface area contributed by atoms with Gasteiger partial charge in [0.15, 0.2) is 6.10 Å². The smallest absolute Gasteiger partial charge is 0.334 e. The summed E-state index contributed by atoms with van der Waals surface area (Å²) in [7, 11) is 1.32. The molecule has 1 amide bonds. The van der Waals surface area contributed by atoms with Crippen LogP contribution in [0.2, 0.25) is 0 Å². The van der Waals surface area contributed by atoms with Crippen LogP contribution in [-0.2, 0) is 20.7 Å². The van der Waals surface area contributed by atoms with Gasteiger partial charge in [0.25, 0.3) is 0 Å². The summed E-state index contributed by atoms with van der Waals surface area (Å²) in [4.78, 5) is 23.1. The molecule has 1 aliphatic rings. The average Bonchev–Trinajstić information content (AvgIpc) is 2.46. The largest absolute Gasteiger partial charge is 0.479 e. The number of carboxylic acid groups (broad SMARTS) is 1. The fourth-order valence-electron chi connectivity index (χ4n) is 2.17. The zero-order valence-corrected chi connectivity index (χ0v) is 12.0. The lowest BCUT2D eigenvalue weighted by Gasteiger charge is -2.24. The highest BCUT2D eigenvalue weighted by atomic mass is 32.2. The fourth-order valence-corrected chi connectivity index (χ4v) is 3.39. The molecule has 0 aromatic heterocycles. The molecule has 0 bridgehead atoms. The molecule has 2 rings (SSSR count). The van der Waals surface area contributed by atoms with Crippen LogP contribution in [0.25, 0.3) is 0 Å². The Balaban J connectivity index is 2.02. The number of aliphatic carboxylic acids is 1. The normalized spacial score (nSPS) is 18.9. The number of fused-ring (bicyclic) bond motifs is 1. The molecular formula is C14H17NO4S. The highest BCUT2D eigenvalue weighted by Crippen LogP contribution is 2.36. The van der Waals surface area contributed by atoms with E-state index in [4.69, 9.17) is 9.84 Å². The van der Waals surface area contributed by atoms with E-state index in [-0.39, 0.29) is 17.7 Å². The van der Waals surface area contributed by atoms with Gasteiger partial charge in [0.2, 0.25) is 5.91 Å². The molecule has 0 fully saturated rings. The van der Waals surface area contributed by atoms with E-state index in [1.807, 2.05) is 24.3 Å². The van der Waals surface area contributed by atoms with E-state index in [0.717, 1.165) is 17.7 Å². The molecule has 6 heteroatoms. The van der Waals surface area contributed by atoms with E-state index in [1.165, 1.54) is 12.7 Å². The van der Waals surface area contributed by atoms with Crippen LogP contribution in [0.15, 0.2) is 24.3 Å². The molecule has 108 valence electrons. The fraction of sp³-hybridized carbons (Fsp3) is 0.429. The third-order valence-electron chi connectivity index (χ3n) is 3.25. The van der Waals surface area contributed by atoms with Gasteiger partial charge in [-0.1, -0.05) is 24.3 Å². The lowest BCUT2D eigenvalue weighted by atomic mass is 10.0. The molecule has 0 spiro atoms. The lowest BCUT2D eigenvalue weighted by Crippen LogP contribution is -2.40. The maximum atomic E-state index is 12.2. The van der Waals surface area contributed by atoms with E-state index >= 15 is 0 Å². The van der Waals surface area contributed by atoms with Gasteiger partial charge in [-0.15, -0.1) is 11.8 Å². The number of thioether (sulfide) groups is 1. The topological polar surface area (TPSA) is 75.6 Å². The minimum atomic E-state index is -1.08. The Hall–Kier alpha value is -1.53. The average molecular weight is 295 g/mol. The Bertz CT molecular complexity index is 506. The number of amides is 1. The first-order chi connectivity index (χ1) is 9.63. The number of methoxy groups -OCH3 is 1. The Kier molecular flexibility index (Phi) is 5.03. The van der Waals surface area contributed by atoms with Gasteiger partial charge in [-0.25, -0.2) is 4.79 Å². The number of aryl methyl sites for hydroxylation is 1. The first-order valence-electron chi connectivity index (χ1n) is 6.36. The van der Waals surface area contributed by atoms with Crippen molar-refractivity contribution in [1.29, 1.82) is 0 Å². The van der Waals surface area contributed by atoms with Gasteiger partial charge in [0.05, 0.1) is 6.54 Å². The zero-order valence-electron chi connectivity index (χ0n) is 11.2. The number of benzene rings is 1. The molecule has 1 aliphatic heterocycles. The zero-order chi connectivity index (χ0) is 14.5. The molecule has 1 aromatic rings. The summed E-state index contributed by atoms with van der Waals surface area (Å²) in [6.07, 6.45) is -0.0525. The number of carboxylic acids is 1. The number of carbonyl (C=O) groups excluding carboxylic acids is 1. The van der Waals surface area contributed by atoms with Crippen molar-refractivity contribution in [2.45, 2.75) is 17.8 Å². The molecule has 2 N–H and O–H groups in total. The predicted molar refractivity (Wildman–Crippen MR) is 76.8 cm³/mol. The Morgan fingerprint density at radius 3 is 2.95 bits per heavy atom. The van der Waals surface area contributed by atoms with E-state index in [9.17, 15) is 9.59 Å². The second-order valence-electron chi connectivity index (χ2n) is 4.51. The van der Waals surface area contributed by atoms with Crippen LogP contribution in [-0.4, -0.2) is 42.5 Å². The Labute approximate surface area is 121 Å². The van der Waals surface area contributed by atoms with Crippen LogP contribution in [0, 0.1) is 0 Å². The van der Waals surface area contributed by atoms with Crippen LogP contribution in [0.4, 0.5) is 0 Å². The number of nitrogens with one attached hydrogen (secondary N) is 1. The molecule has 0 saturated carbocycles. The van der Waals surface area contributed by atoms with Crippen LogP contribution >= 0.6 is 11.8 Å². The van der Waals surface area contributed by atoms with Crippen molar-refractivity contribution in [3.63, 3.8) is 0 Å². The molecule has 20 heavy (non-hydrogen) atoms. The number of carbonyl (C=O) groups is 2. The summed E-state index contributed by atoms with van der Waals surface area (Å²) < 4.78 is 4.80. The maximum Gasteiger partial charge on any atom is 0.334 e. The molecular weight excluding hydrogens is 278 g/mol. The standard InChI is InChI=1S/C14H17NO4S/c1-19-11(14(17)18)8-15-13(16)12-10-5-3-2-4-9(10)6-7-20-12/h2-5,11-12H,6-8H2,1H3,(H,15,16)(H,17,18). The van der Waals surface area contributed by atoms with Crippen molar-refractivity contribution in [1.82, 2.24) is 5.32 Å². The molecule has 2 unspecified atom stereocenters. The van der Waals surface area contributed by atoms with E-state index in [1.54, 1.807) is 11.8 Å². The number of ether oxygens (including phenoxy) is 1. The lowest BCUT2D eigenvalue weighted by molar-refractivity contribution is -0.148. The maximum absolute atomic E-state index is 12.2. The van der Waals surface area contributed by atoms with E-state index < -0.39 is 12.1 Å². The van der Waals surface area contributed by atoms with Gasteiger partial charge < -0.3 is 15.2 Å². The van der Waals surface area contributed by atoms with Crippen molar-refractivity contribution < 1.29 is 19.4 Å². The molecule has 5 nitrogen and oxygen atoms in total. The van der Waals surface area contributed by atoms with Crippen LogP contribution in [0.1, 0.15) is 16.4 Å². The summed E-state index contributed by atoms with van der Waals surface area (Å²) in [6.45, 7) is -0.0239. The molecule has 1 aromatic carbocycles. The Morgan fingerprint density at radius 1 is 1.50 bits per heavy atom. The first kappa shape index (κ1) is 14.9. The van der Waals surface area contributed by atoms with Crippen LogP contribution in [0.3, 0.4) is 0 Å². The molecule has 0 radical (unpaired) electrons. The molecule has 0 saturated heterocycles. The van der Waals surface area contributed by atoms with Gasteiger partial charge in [0, 0.05) is 7.11 Å². The first-order valence-corrected chi connectivity index (χ1v) is 7.41. The van der Waals surface area contributed by atoms with Crippen molar-refractivity contribution >= 4 is 23.6 Å². The minimum absolute atomic E-state index is 0.0239. The van der Waals surface area contributed by atoms with Gasteiger partial charge in [-0.2, -0.15) is 0 Å². The van der Waals surface area contributed by atoms with Crippen molar-refractivity contribution in [3.05, 3.63) is 35.4 Å². The van der Waals surface area contributed by atoms with Crippen molar-refractivity contribution in [3.8, 4) is 0 Å². The number of rotatable bonds is 5. The second-order valence-corrected chi connectivity index (χ2v) is 5.72. The SMILES string of the molecule is COC(CNC(=O)C1SCCc2ccccc21)C(=O)O. The van der Waals surface area contributed by atoms with Crippen LogP contribution in [0.5, 0.6) is 0 Å². The van der Waals surface area contributed by atoms with Crippen molar-refractivity contribution in [2.75, 3.05) is 19.4 Å².